The van der Waals surface area contributed by atoms with Crippen molar-refractivity contribution in [1.29, 1.82) is 0 Å². The van der Waals surface area contributed by atoms with Crippen molar-refractivity contribution in [1.82, 2.24) is 19.9 Å². The molecule has 1 saturated heterocycles. The first-order chi connectivity index (χ1) is 11.6. The maximum absolute atomic E-state index is 12.7. The lowest BCUT2D eigenvalue weighted by Gasteiger charge is -2.35. The number of carbonyl (C=O) groups excluding carboxylic acids is 1. The summed E-state index contributed by atoms with van der Waals surface area (Å²) in [6, 6.07) is 3.93. The Hall–Kier alpha value is -1.38. The lowest BCUT2D eigenvalue weighted by Crippen LogP contribution is -2.49. The number of nitrogens with zero attached hydrogens (tertiary/aromatic N) is 5. The maximum Gasteiger partial charge on any atom is 0.274 e. The summed E-state index contributed by atoms with van der Waals surface area (Å²) in [5.74, 6) is 0.760. The summed E-state index contributed by atoms with van der Waals surface area (Å²) in [7, 11) is 0. The van der Waals surface area contributed by atoms with E-state index < -0.39 is 0 Å². The van der Waals surface area contributed by atoms with E-state index in [4.69, 9.17) is 11.6 Å². The number of pyridine rings is 1. The predicted molar refractivity (Wildman–Crippen MR) is 98.9 cm³/mol. The van der Waals surface area contributed by atoms with Crippen molar-refractivity contribution in [2.24, 2.45) is 0 Å². The Morgan fingerprint density at radius 2 is 1.96 bits per heavy atom. The van der Waals surface area contributed by atoms with Crippen LogP contribution >= 0.6 is 39.3 Å². The fourth-order valence-corrected chi connectivity index (χ4v) is 3.19. The summed E-state index contributed by atoms with van der Waals surface area (Å²) < 4.78 is 0.947. The maximum atomic E-state index is 12.7. The van der Waals surface area contributed by atoms with Gasteiger partial charge < -0.3 is 9.80 Å². The van der Waals surface area contributed by atoms with Gasteiger partial charge in [-0.25, -0.2) is 15.0 Å². The lowest BCUT2D eigenvalue weighted by atomic mass is 10.2. The van der Waals surface area contributed by atoms with E-state index in [0.717, 1.165) is 23.4 Å². The number of hydrogen-bond donors (Lipinski definition) is 0. The molecule has 0 aliphatic carbocycles. The molecule has 0 saturated carbocycles. The Balaban J connectivity index is 1.68. The molecule has 1 aliphatic rings. The summed E-state index contributed by atoms with van der Waals surface area (Å²) in [5, 5.41) is 0.829. The van der Waals surface area contributed by atoms with Gasteiger partial charge in [0, 0.05) is 36.8 Å². The van der Waals surface area contributed by atoms with E-state index in [9.17, 15) is 4.79 Å². The molecule has 2 aromatic rings. The van der Waals surface area contributed by atoms with Gasteiger partial charge in [0.15, 0.2) is 10.9 Å². The van der Waals surface area contributed by atoms with Gasteiger partial charge in [-0.15, -0.1) is 0 Å². The Morgan fingerprint density at radius 3 is 2.58 bits per heavy atom. The van der Waals surface area contributed by atoms with Crippen LogP contribution in [0.4, 0.5) is 5.82 Å². The van der Waals surface area contributed by atoms with E-state index in [1.165, 1.54) is 18.0 Å². The highest BCUT2D eigenvalue weighted by molar-refractivity contribution is 9.10. The second-order valence-corrected chi connectivity index (χ2v) is 7.26. The first-order valence-corrected chi connectivity index (χ1v) is 9.70. The molecule has 0 spiro atoms. The first kappa shape index (κ1) is 17.4. The highest BCUT2D eigenvalue weighted by Gasteiger charge is 2.25. The van der Waals surface area contributed by atoms with Crippen molar-refractivity contribution in [2.45, 2.75) is 5.16 Å². The number of halogens is 2. The fourth-order valence-electron chi connectivity index (χ4n) is 2.44. The Morgan fingerprint density at radius 1 is 1.21 bits per heavy atom. The van der Waals surface area contributed by atoms with Crippen LogP contribution in [0, 0.1) is 0 Å². The van der Waals surface area contributed by atoms with Gasteiger partial charge in [0.25, 0.3) is 5.91 Å². The lowest BCUT2D eigenvalue weighted by molar-refractivity contribution is 0.0739. The molecule has 126 valence electrons. The molecule has 1 amide bonds. The van der Waals surface area contributed by atoms with E-state index in [2.05, 4.69) is 35.8 Å². The zero-order valence-corrected chi connectivity index (χ0v) is 16.1. The number of aromatic nitrogens is 3. The van der Waals surface area contributed by atoms with Gasteiger partial charge in [-0.1, -0.05) is 23.4 Å². The minimum absolute atomic E-state index is 0.152. The summed E-state index contributed by atoms with van der Waals surface area (Å²) >= 11 is 10.9. The Bertz CT molecular complexity index is 737. The van der Waals surface area contributed by atoms with Crippen LogP contribution in [-0.2, 0) is 0 Å². The molecule has 6 nitrogen and oxygen atoms in total. The second kappa shape index (κ2) is 7.67. The van der Waals surface area contributed by atoms with Crippen LogP contribution in [-0.4, -0.2) is 58.2 Å². The average Bonchev–Trinajstić information content (AvgIpc) is 2.62. The van der Waals surface area contributed by atoms with Gasteiger partial charge in [-0.05, 0) is 34.3 Å². The van der Waals surface area contributed by atoms with E-state index in [1.54, 1.807) is 11.1 Å². The van der Waals surface area contributed by atoms with Gasteiger partial charge in [0.2, 0.25) is 0 Å². The standard InChI is InChI=1S/C15H15BrClN5OS/c1-24-15-19-9-11(17)13(20-15)14(23)22-6-4-21(5-7-22)12-3-2-10(16)8-18-12/h2-3,8-9H,4-7H2,1H3. The number of rotatable bonds is 3. The van der Waals surface area contributed by atoms with Crippen LogP contribution in [0.3, 0.4) is 0 Å². The van der Waals surface area contributed by atoms with Crippen LogP contribution < -0.4 is 4.90 Å². The van der Waals surface area contributed by atoms with Crippen molar-refractivity contribution in [3.63, 3.8) is 0 Å². The third-order valence-electron chi connectivity index (χ3n) is 3.71. The SMILES string of the molecule is CSc1ncc(Cl)c(C(=O)N2CCN(c3ccc(Br)cn3)CC2)n1. The monoisotopic (exact) mass is 427 g/mol. The van der Waals surface area contributed by atoms with Gasteiger partial charge in [0.05, 0.1) is 11.2 Å². The summed E-state index contributed by atoms with van der Waals surface area (Å²) in [4.78, 5) is 29.3. The third kappa shape index (κ3) is 3.81. The van der Waals surface area contributed by atoms with Crippen molar-refractivity contribution in [2.75, 3.05) is 37.3 Å². The molecule has 0 unspecified atom stereocenters. The average molecular weight is 429 g/mol. The Labute approximate surface area is 157 Å². The highest BCUT2D eigenvalue weighted by atomic mass is 79.9. The Kier molecular flexibility index (Phi) is 5.57. The molecular weight excluding hydrogens is 414 g/mol. The topological polar surface area (TPSA) is 62.2 Å². The second-order valence-electron chi connectivity index (χ2n) is 5.17. The normalized spacial score (nSPS) is 14.8. The van der Waals surface area contributed by atoms with Crippen LogP contribution in [0.15, 0.2) is 34.2 Å². The van der Waals surface area contributed by atoms with Crippen molar-refractivity contribution in [3.8, 4) is 0 Å². The molecule has 24 heavy (non-hydrogen) atoms. The summed E-state index contributed by atoms with van der Waals surface area (Å²) in [6.07, 6.45) is 5.12. The molecular formula is C15H15BrClN5OS. The number of thioether (sulfide) groups is 1. The number of carbonyl (C=O) groups is 1. The molecule has 0 radical (unpaired) electrons. The molecule has 0 N–H and O–H groups in total. The van der Waals surface area contributed by atoms with Crippen molar-refractivity contribution in [3.05, 3.63) is 39.7 Å². The highest BCUT2D eigenvalue weighted by Crippen LogP contribution is 2.20. The molecule has 0 bridgehead atoms. The molecule has 3 heterocycles. The predicted octanol–water partition coefficient (Wildman–Crippen LogP) is 2.97. The van der Waals surface area contributed by atoms with Crippen LogP contribution in [0.25, 0.3) is 0 Å². The van der Waals surface area contributed by atoms with E-state index in [0.29, 0.717) is 18.2 Å². The molecule has 2 aromatic heterocycles. The number of piperazine rings is 1. The number of amides is 1. The van der Waals surface area contributed by atoms with Crippen molar-refractivity contribution >= 4 is 51.0 Å². The van der Waals surface area contributed by atoms with E-state index in [-0.39, 0.29) is 16.6 Å². The molecule has 3 rings (SSSR count). The third-order valence-corrected chi connectivity index (χ3v) is 5.02. The van der Waals surface area contributed by atoms with Crippen molar-refractivity contribution < 1.29 is 4.79 Å². The molecule has 1 fully saturated rings. The molecule has 1 aliphatic heterocycles. The molecule has 9 heteroatoms. The van der Waals surface area contributed by atoms with Crippen LogP contribution in [0.5, 0.6) is 0 Å². The van der Waals surface area contributed by atoms with Gasteiger partial charge in [-0.2, -0.15) is 0 Å². The van der Waals surface area contributed by atoms with Crippen LogP contribution in [0.2, 0.25) is 5.02 Å². The molecule has 0 aromatic carbocycles. The quantitative estimate of drug-likeness (QED) is 0.553. The first-order valence-electron chi connectivity index (χ1n) is 7.31. The van der Waals surface area contributed by atoms with Crippen LogP contribution in [0.1, 0.15) is 10.5 Å². The smallest absolute Gasteiger partial charge is 0.274 e. The zero-order valence-electron chi connectivity index (χ0n) is 12.9. The number of anilines is 1. The minimum Gasteiger partial charge on any atom is -0.353 e. The number of hydrogen-bond acceptors (Lipinski definition) is 6. The van der Waals surface area contributed by atoms with E-state index >= 15 is 0 Å². The molecule has 0 atom stereocenters. The van der Waals surface area contributed by atoms with Gasteiger partial charge in [-0.3, -0.25) is 4.79 Å². The largest absolute Gasteiger partial charge is 0.353 e. The van der Waals surface area contributed by atoms with Gasteiger partial charge in [0.1, 0.15) is 5.82 Å². The van der Waals surface area contributed by atoms with Gasteiger partial charge >= 0.3 is 0 Å². The summed E-state index contributed by atoms with van der Waals surface area (Å²) in [5.41, 5.74) is 0.270. The fraction of sp³-hybridized carbons (Fsp3) is 0.333. The van der Waals surface area contributed by atoms with E-state index in [1.807, 2.05) is 18.4 Å². The summed E-state index contributed by atoms with van der Waals surface area (Å²) in [6.45, 7) is 2.65. The zero-order chi connectivity index (χ0) is 17.1. The minimum atomic E-state index is -0.152.